The lowest BCUT2D eigenvalue weighted by molar-refractivity contribution is -0.116. The molecular formula is C17H19FN2O. The number of anilines is 3. The molecule has 110 valence electrons. The van der Waals surface area contributed by atoms with E-state index in [1.807, 2.05) is 24.3 Å². The molecule has 1 amide bonds. The molecule has 0 aromatic heterocycles. The molecule has 0 aliphatic heterocycles. The number of amides is 1. The summed E-state index contributed by atoms with van der Waals surface area (Å²) in [6, 6.07) is 13.6. The number of carbonyl (C=O) groups excluding carboxylic acids is 1. The molecule has 4 heteroatoms. The molecule has 0 unspecified atom stereocenters. The van der Waals surface area contributed by atoms with Gasteiger partial charge in [-0.2, -0.15) is 0 Å². The molecule has 0 spiro atoms. The topological polar surface area (TPSA) is 41.1 Å². The number of hydrogen-bond donors (Lipinski definition) is 2. The predicted octanol–water partition coefficient (Wildman–Crippen LogP) is 4.70. The Morgan fingerprint density at radius 2 is 1.48 bits per heavy atom. The molecule has 0 heterocycles. The summed E-state index contributed by atoms with van der Waals surface area (Å²) >= 11 is 0. The van der Waals surface area contributed by atoms with Crippen LogP contribution in [-0.4, -0.2) is 5.91 Å². The molecule has 21 heavy (non-hydrogen) atoms. The number of carbonyl (C=O) groups is 1. The average Bonchev–Trinajstić information content (AvgIpc) is 2.49. The minimum Gasteiger partial charge on any atom is -0.356 e. The van der Waals surface area contributed by atoms with Crippen molar-refractivity contribution in [2.24, 2.45) is 0 Å². The number of hydrogen-bond acceptors (Lipinski definition) is 2. The summed E-state index contributed by atoms with van der Waals surface area (Å²) in [5.74, 6) is -0.221. The van der Waals surface area contributed by atoms with E-state index in [1.54, 1.807) is 12.1 Å². The fourth-order valence-corrected chi connectivity index (χ4v) is 1.90. The normalized spacial score (nSPS) is 10.2. The Morgan fingerprint density at radius 3 is 2.05 bits per heavy atom. The van der Waals surface area contributed by atoms with Crippen LogP contribution in [0.1, 0.15) is 26.2 Å². The van der Waals surface area contributed by atoms with Crippen LogP contribution < -0.4 is 10.6 Å². The average molecular weight is 286 g/mol. The number of unbranched alkanes of at least 4 members (excludes halogenated alkanes) is 1. The lowest BCUT2D eigenvalue weighted by Crippen LogP contribution is -2.10. The smallest absolute Gasteiger partial charge is 0.224 e. The van der Waals surface area contributed by atoms with Gasteiger partial charge in [0.25, 0.3) is 0 Å². The molecule has 2 aromatic rings. The van der Waals surface area contributed by atoms with Gasteiger partial charge in [0.15, 0.2) is 0 Å². The van der Waals surface area contributed by atoms with E-state index in [9.17, 15) is 9.18 Å². The summed E-state index contributed by atoms with van der Waals surface area (Å²) in [6.07, 6.45) is 2.45. The van der Waals surface area contributed by atoms with E-state index in [2.05, 4.69) is 17.6 Å². The van der Waals surface area contributed by atoms with Crippen molar-refractivity contribution in [3.63, 3.8) is 0 Å². The van der Waals surface area contributed by atoms with Gasteiger partial charge in [-0.05, 0) is 55.0 Å². The van der Waals surface area contributed by atoms with Gasteiger partial charge in [-0.15, -0.1) is 0 Å². The quantitative estimate of drug-likeness (QED) is 0.808. The van der Waals surface area contributed by atoms with Gasteiger partial charge in [-0.3, -0.25) is 4.79 Å². The minimum absolute atomic E-state index is 0.0380. The van der Waals surface area contributed by atoms with E-state index in [-0.39, 0.29) is 11.7 Å². The fourth-order valence-electron chi connectivity index (χ4n) is 1.90. The Kier molecular flexibility index (Phi) is 5.32. The van der Waals surface area contributed by atoms with Crippen molar-refractivity contribution >= 4 is 23.0 Å². The highest BCUT2D eigenvalue weighted by Gasteiger charge is 2.02. The second kappa shape index (κ2) is 7.43. The summed E-state index contributed by atoms with van der Waals surface area (Å²) in [4.78, 5) is 11.6. The zero-order valence-corrected chi connectivity index (χ0v) is 12.0. The van der Waals surface area contributed by atoms with Crippen molar-refractivity contribution in [1.82, 2.24) is 0 Å². The van der Waals surface area contributed by atoms with Gasteiger partial charge >= 0.3 is 0 Å². The molecule has 3 nitrogen and oxygen atoms in total. The van der Waals surface area contributed by atoms with E-state index < -0.39 is 0 Å². The van der Waals surface area contributed by atoms with Gasteiger partial charge in [0.1, 0.15) is 5.82 Å². The summed E-state index contributed by atoms with van der Waals surface area (Å²) < 4.78 is 12.8. The highest BCUT2D eigenvalue weighted by atomic mass is 19.1. The molecule has 2 N–H and O–H groups in total. The molecule has 0 aliphatic carbocycles. The van der Waals surface area contributed by atoms with Gasteiger partial charge in [0.05, 0.1) is 0 Å². The van der Waals surface area contributed by atoms with Crippen LogP contribution in [0.2, 0.25) is 0 Å². The summed E-state index contributed by atoms with van der Waals surface area (Å²) in [7, 11) is 0. The first-order valence-electron chi connectivity index (χ1n) is 7.10. The Bertz CT molecular complexity index is 579. The molecule has 0 saturated heterocycles. The first-order chi connectivity index (χ1) is 10.2. The van der Waals surface area contributed by atoms with E-state index in [4.69, 9.17) is 0 Å². The maximum absolute atomic E-state index is 12.8. The van der Waals surface area contributed by atoms with Gasteiger partial charge in [-0.1, -0.05) is 13.3 Å². The van der Waals surface area contributed by atoms with Gasteiger partial charge < -0.3 is 10.6 Å². The Balaban J connectivity index is 1.92. The molecule has 0 aliphatic rings. The second-order valence-electron chi connectivity index (χ2n) is 4.86. The van der Waals surface area contributed by atoms with E-state index >= 15 is 0 Å². The molecule has 0 saturated carbocycles. The molecule has 2 rings (SSSR count). The minimum atomic E-state index is -0.259. The zero-order valence-electron chi connectivity index (χ0n) is 12.0. The first-order valence-corrected chi connectivity index (χ1v) is 7.10. The maximum Gasteiger partial charge on any atom is 0.224 e. The lowest BCUT2D eigenvalue weighted by atomic mass is 10.2. The van der Waals surface area contributed by atoms with Crippen molar-refractivity contribution in [3.8, 4) is 0 Å². The molecule has 0 atom stereocenters. The third kappa shape index (κ3) is 4.91. The third-order valence-electron chi connectivity index (χ3n) is 3.06. The lowest BCUT2D eigenvalue weighted by Gasteiger charge is -2.08. The van der Waals surface area contributed by atoms with Crippen molar-refractivity contribution in [1.29, 1.82) is 0 Å². The number of benzene rings is 2. The number of rotatable bonds is 6. The van der Waals surface area contributed by atoms with Crippen LogP contribution >= 0.6 is 0 Å². The van der Waals surface area contributed by atoms with Crippen LogP contribution in [0, 0.1) is 5.82 Å². The van der Waals surface area contributed by atoms with Crippen LogP contribution in [0.5, 0.6) is 0 Å². The Hall–Kier alpha value is -2.36. The van der Waals surface area contributed by atoms with Crippen LogP contribution in [-0.2, 0) is 4.79 Å². The number of nitrogens with one attached hydrogen (secondary N) is 2. The maximum atomic E-state index is 12.8. The Morgan fingerprint density at radius 1 is 0.952 bits per heavy atom. The SMILES string of the molecule is CCCCC(=O)Nc1ccc(Nc2ccc(F)cc2)cc1. The van der Waals surface area contributed by atoms with E-state index in [1.165, 1.54) is 12.1 Å². The van der Waals surface area contributed by atoms with Gasteiger partial charge in [0, 0.05) is 23.5 Å². The van der Waals surface area contributed by atoms with Crippen molar-refractivity contribution in [3.05, 3.63) is 54.3 Å². The Labute approximate surface area is 124 Å². The second-order valence-corrected chi connectivity index (χ2v) is 4.86. The third-order valence-corrected chi connectivity index (χ3v) is 3.06. The molecule has 0 fully saturated rings. The molecule has 2 aromatic carbocycles. The van der Waals surface area contributed by atoms with Gasteiger partial charge in [-0.25, -0.2) is 4.39 Å². The summed E-state index contributed by atoms with van der Waals surface area (Å²) in [5, 5.41) is 6.03. The number of halogens is 1. The standard InChI is InChI=1S/C17H19FN2O/c1-2-3-4-17(21)20-16-11-9-15(10-12-16)19-14-7-5-13(18)6-8-14/h5-12,19H,2-4H2,1H3,(H,20,21). The van der Waals surface area contributed by atoms with E-state index in [0.29, 0.717) is 6.42 Å². The predicted molar refractivity (Wildman–Crippen MR) is 84.3 cm³/mol. The first kappa shape index (κ1) is 15.0. The molecule has 0 bridgehead atoms. The van der Waals surface area contributed by atoms with Crippen LogP contribution in [0.15, 0.2) is 48.5 Å². The van der Waals surface area contributed by atoms with Crippen LogP contribution in [0.3, 0.4) is 0 Å². The van der Waals surface area contributed by atoms with E-state index in [0.717, 1.165) is 29.9 Å². The summed E-state index contributed by atoms with van der Waals surface area (Å²) in [5.41, 5.74) is 2.48. The largest absolute Gasteiger partial charge is 0.356 e. The fraction of sp³-hybridized carbons (Fsp3) is 0.235. The van der Waals surface area contributed by atoms with Crippen LogP contribution in [0.25, 0.3) is 0 Å². The monoisotopic (exact) mass is 286 g/mol. The van der Waals surface area contributed by atoms with Gasteiger partial charge in [0.2, 0.25) is 5.91 Å². The van der Waals surface area contributed by atoms with Crippen molar-refractivity contribution < 1.29 is 9.18 Å². The molecule has 0 radical (unpaired) electrons. The highest BCUT2D eigenvalue weighted by Crippen LogP contribution is 2.19. The van der Waals surface area contributed by atoms with Crippen LogP contribution in [0.4, 0.5) is 21.5 Å². The van der Waals surface area contributed by atoms with Crippen molar-refractivity contribution in [2.75, 3.05) is 10.6 Å². The highest BCUT2D eigenvalue weighted by molar-refractivity contribution is 5.90. The van der Waals surface area contributed by atoms with Crippen molar-refractivity contribution in [2.45, 2.75) is 26.2 Å². The molecular weight excluding hydrogens is 267 g/mol. The summed E-state index contributed by atoms with van der Waals surface area (Å²) in [6.45, 7) is 2.06. The zero-order chi connectivity index (χ0) is 15.1.